The number of aliphatic hydroxyl groups is 1. The highest BCUT2D eigenvalue weighted by molar-refractivity contribution is 9.09. The van der Waals surface area contributed by atoms with Gasteiger partial charge in [0.25, 0.3) is 5.91 Å². The number of hydrogen-bond donors (Lipinski definition) is 1. The third-order valence-electron chi connectivity index (χ3n) is 8.73. The first-order valence-corrected chi connectivity index (χ1v) is 15.9. The largest absolute Gasteiger partial charge is 0.497 e. The lowest BCUT2D eigenvalue weighted by atomic mass is 9.70. The van der Waals surface area contributed by atoms with Gasteiger partial charge < -0.3 is 29.3 Å². The molecule has 1 aromatic rings. The van der Waals surface area contributed by atoms with Gasteiger partial charge in [-0.3, -0.25) is 14.4 Å². The Morgan fingerprint density at radius 3 is 2.45 bits per heavy atom. The van der Waals surface area contributed by atoms with Gasteiger partial charge in [0, 0.05) is 43.3 Å². The third-order valence-corrected chi connectivity index (χ3v) is 9.58. The second-order valence-corrected chi connectivity index (χ2v) is 12.5. The minimum Gasteiger partial charge on any atom is -0.497 e. The van der Waals surface area contributed by atoms with E-state index in [9.17, 15) is 19.5 Å². The zero-order valence-electron chi connectivity index (χ0n) is 24.8. The molecule has 2 bridgehead atoms. The summed E-state index contributed by atoms with van der Waals surface area (Å²) in [5.74, 6) is -1.34. The molecule has 1 spiro atoms. The predicted molar refractivity (Wildman–Crippen MR) is 166 cm³/mol. The van der Waals surface area contributed by atoms with E-state index < -0.39 is 29.6 Å². The zero-order valence-corrected chi connectivity index (χ0v) is 26.3. The van der Waals surface area contributed by atoms with Crippen molar-refractivity contribution in [2.24, 2.45) is 11.8 Å². The Morgan fingerprint density at radius 1 is 1.14 bits per heavy atom. The topological polar surface area (TPSA) is 99.6 Å². The molecule has 42 heavy (non-hydrogen) atoms. The fourth-order valence-corrected chi connectivity index (χ4v) is 7.91. The van der Waals surface area contributed by atoms with Crippen LogP contribution in [0.25, 0.3) is 0 Å². The summed E-state index contributed by atoms with van der Waals surface area (Å²) in [5, 5.41) is 9.20. The summed E-state index contributed by atoms with van der Waals surface area (Å²) in [7, 11) is 1.59. The number of ether oxygens (including phenoxy) is 2. The zero-order chi connectivity index (χ0) is 30.4. The number of carbonyl (C=O) groups is 3. The highest BCUT2D eigenvalue weighted by atomic mass is 79.9. The van der Waals surface area contributed by atoms with Crippen LogP contribution >= 0.6 is 15.9 Å². The van der Waals surface area contributed by atoms with E-state index in [0.29, 0.717) is 50.3 Å². The Kier molecular flexibility index (Phi) is 10.9. The number of rotatable bonds is 16. The fraction of sp³-hybridized carbons (Fsp3) is 0.594. The summed E-state index contributed by atoms with van der Waals surface area (Å²) in [4.78, 5) is 47.9. The van der Waals surface area contributed by atoms with E-state index in [2.05, 4.69) is 29.1 Å². The average molecular weight is 647 g/mol. The van der Waals surface area contributed by atoms with Gasteiger partial charge in [0.15, 0.2) is 0 Å². The minimum absolute atomic E-state index is 0.123. The van der Waals surface area contributed by atoms with Crippen molar-refractivity contribution >= 4 is 39.3 Å². The summed E-state index contributed by atoms with van der Waals surface area (Å²) in [5.41, 5.74) is -0.470. The van der Waals surface area contributed by atoms with E-state index in [1.807, 2.05) is 19.1 Å². The lowest BCUT2D eigenvalue weighted by molar-refractivity contribution is -0.145. The van der Waals surface area contributed by atoms with Crippen molar-refractivity contribution in [3.05, 3.63) is 49.6 Å². The van der Waals surface area contributed by atoms with Crippen molar-refractivity contribution in [2.75, 3.05) is 44.8 Å². The molecule has 6 atom stereocenters. The number of nitrogens with zero attached hydrogens (tertiary/aromatic N) is 3. The lowest BCUT2D eigenvalue weighted by Crippen LogP contribution is -2.57. The number of aliphatic hydroxyl groups excluding tert-OH is 1. The van der Waals surface area contributed by atoms with Crippen molar-refractivity contribution < 1.29 is 29.0 Å². The molecule has 3 heterocycles. The Bertz CT molecular complexity index is 1150. The molecule has 10 heteroatoms. The predicted octanol–water partition coefficient (Wildman–Crippen LogP) is 3.94. The van der Waals surface area contributed by atoms with Crippen LogP contribution in [0.1, 0.15) is 45.4 Å². The van der Waals surface area contributed by atoms with E-state index in [-0.39, 0.29) is 35.7 Å². The molecule has 0 radical (unpaired) electrons. The maximum absolute atomic E-state index is 14.6. The summed E-state index contributed by atoms with van der Waals surface area (Å²) >= 11 is 3.76. The molecule has 3 aliphatic heterocycles. The van der Waals surface area contributed by atoms with Crippen LogP contribution in [-0.4, -0.2) is 95.1 Å². The number of amides is 3. The van der Waals surface area contributed by atoms with Crippen LogP contribution in [-0.2, 0) is 19.1 Å². The second kappa shape index (κ2) is 14.2. The smallest absolute Gasteiger partial charge is 0.253 e. The Morgan fingerprint density at radius 2 is 1.83 bits per heavy atom. The van der Waals surface area contributed by atoms with Crippen LogP contribution in [0.15, 0.2) is 49.6 Å². The first-order chi connectivity index (χ1) is 20.3. The summed E-state index contributed by atoms with van der Waals surface area (Å²) < 4.78 is 12.0. The summed E-state index contributed by atoms with van der Waals surface area (Å²) in [6, 6.07) is 6.32. The fourth-order valence-electron chi connectivity index (χ4n) is 6.97. The molecular weight excluding hydrogens is 602 g/mol. The molecule has 1 N–H and O–H groups in total. The maximum Gasteiger partial charge on any atom is 0.253 e. The molecular formula is C32H44BrN3O6. The minimum atomic E-state index is -1.13. The van der Waals surface area contributed by atoms with Gasteiger partial charge in [-0.15, -0.1) is 13.2 Å². The summed E-state index contributed by atoms with van der Waals surface area (Å²) in [6.07, 6.45) is 7.10. The van der Waals surface area contributed by atoms with Crippen LogP contribution in [0.4, 0.5) is 5.69 Å². The normalized spacial score (nSPS) is 27.6. The summed E-state index contributed by atoms with van der Waals surface area (Å²) in [6.45, 7) is 11.4. The van der Waals surface area contributed by atoms with Gasteiger partial charge in [0.1, 0.15) is 17.4 Å². The molecule has 3 saturated heterocycles. The van der Waals surface area contributed by atoms with Gasteiger partial charge >= 0.3 is 0 Å². The molecule has 3 unspecified atom stereocenters. The number of carbonyl (C=O) groups excluding carboxylic acids is 3. The molecule has 230 valence electrons. The van der Waals surface area contributed by atoms with Gasteiger partial charge in [-0.1, -0.05) is 47.8 Å². The first-order valence-electron chi connectivity index (χ1n) is 15.0. The van der Waals surface area contributed by atoms with Crippen LogP contribution in [0.3, 0.4) is 0 Å². The van der Waals surface area contributed by atoms with Crippen molar-refractivity contribution in [2.45, 2.75) is 68.0 Å². The Hall–Kier alpha value is -2.69. The van der Waals surface area contributed by atoms with Crippen molar-refractivity contribution in [3.8, 4) is 5.75 Å². The average Bonchev–Trinajstić information content (AvgIpc) is 3.58. The molecule has 0 aliphatic carbocycles. The number of fused-ring (bicyclic) bond motifs is 1. The highest BCUT2D eigenvalue weighted by Gasteiger charge is 2.76. The second-order valence-electron chi connectivity index (χ2n) is 11.3. The number of anilines is 1. The molecule has 3 amide bonds. The van der Waals surface area contributed by atoms with Gasteiger partial charge in [0.2, 0.25) is 11.8 Å². The first kappa shape index (κ1) is 32.2. The number of halogens is 1. The standard InChI is InChI=1S/C32H44BrN3O6/c1-5-16-34(17-6-2)29(38)25-26-30(39)36(19-10-8-9-11-20-37)28(32(26)21-24(33)27(25)42-32)31(40)35(18-7-3)22-12-14-23(41-4)15-13-22/h5,7,12-15,24-28,37H,1,3,6,8-11,16-21H2,2,4H3/t24?,25-,26-,27-,28?,32?/m0/s1. The van der Waals surface area contributed by atoms with E-state index in [0.717, 1.165) is 19.3 Å². The van der Waals surface area contributed by atoms with E-state index >= 15 is 0 Å². The Labute approximate surface area is 257 Å². The molecule has 3 aliphatic rings. The molecule has 9 nitrogen and oxygen atoms in total. The number of alkyl halides is 1. The SMILES string of the molecule is C=CCN(CCC)C(=O)[C@H]1[C@H]2C(=O)N(CCCCCCO)C(C(=O)N(CC=C)c3ccc(OC)cc3)C23CC(Br)[C@@H]1O3. The molecule has 1 aromatic carbocycles. The molecule has 3 fully saturated rings. The van der Waals surface area contributed by atoms with E-state index in [4.69, 9.17) is 9.47 Å². The van der Waals surface area contributed by atoms with Gasteiger partial charge in [-0.2, -0.15) is 0 Å². The van der Waals surface area contributed by atoms with Gasteiger partial charge in [-0.05, 0) is 49.9 Å². The van der Waals surface area contributed by atoms with E-state index in [1.54, 1.807) is 46.1 Å². The van der Waals surface area contributed by atoms with Gasteiger partial charge in [0.05, 0.1) is 25.0 Å². The monoisotopic (exact) mass is 645 g/mol. The van der Waals surface area contributed by atoms with Crippen LogP contribution in [0, 0.1) is 11.8 Å². The quantitative estimate of drug-likeness (QED) is 0.166. The van der Waals surface area contributed by atoms with E-state index in [1.165, 1.54) is 0 Å². The van der Waals surface area contributed by atoms with Crippen LogP contribution in [0.2, 0.25) is 0 Å². The van der Waals surface area contributed by atoms with Crippen molar-refractivity contribution in [3.63, 3.8) is 0 Å². The number of likely N-dealkylation sites (tertiary alicyclic amines) is 1. The Balaban J connectivity index is 1.74. The number of hydrogen-bond acceptors (Lipinski definition) is 6. The van der Waals surface area contributed by atoms with Gasteiger partial charge in [-0.25, -0.2) is 0 Å². The molecule has 4 rings (SSSR count). The molecule has 0 saturated carbocycles. The van der Waals surface area contributed by atoms with Crippen molar-refractivity contribution in [1.29, 1.82) is 0 Å². The number of unbranched alkanes of at least 4 members (excludes halogenated alkanes) is 3. The highest BCUT2D eigenvalue weighted by Crippen LogP contribution is 2.60. The van der Waals surface area contributed by atoms with Crippen LogP contribution in [0.5, 0.6) is 5.75 Å². The third kappa shape index (κ3) is 5.90. The maximum atomic E-state index is 14.6. The van der Waals surface area contributed by atoms with Crippen molar-refractivity contribution in [1.82, 2.24) is 9.80 Å². The lowest BCUT2D eigenvalue weighted by Gasteiger charge is -2.37. The molecule has 0 aromatic heterocycles. The number of benzene rings is 1. The van der Waals surface area contributed by atoms with Crippen LogP contribution < -0.4 is 9.64 Å². The number of methoxy groups -OCH3 is 1.